The highest BCUT2D eigenvalue weighted by atomic mass is 16.2. The summed E-state index contributed by atoms with van der Waals surface area (Å²) in [4.78, 5) is 29.7. The summed E-state index contributed by atoms with van der Waals surface area (Å²) in [5.74, 6) is -0.123. The molecule has 0 spiro atoms. The Hall–Kier alpha value is -2.75. The van der Waals surface area contributed by atoms with Gasteiger partial charge in [-0.1, -0.05) is 36.4 Å². The highest BCUT2D eigenvalue weighted by molar-refractivity contribution is 6.03. The monoisotopic (exact) mass is 320 g/mol. The van der Waals surface area contributed by atoms with E-state index in [0.717, 1.165) is 23.1 Å². The van der Waals surface area contributed by atoms with Crippen LogP contribution in [0.1, 0.15) is 22.3 Å². The van der Waals surface area contributed by atoms with Gasteiger partial charge in [0.1, 0.15) is 6.29 Å². The molecule has 24 heavy (non-hydrogen) atoms. The quantitative estimate of drug-likeness (QED) is 0.816. The van der Waals surface area contributed by atoms with Crippen molar-refractivity contribution in [3.8, 4) is 11.1 Å². The molecule has 1 aliphatic rings. The molecule has 1 aliphatic heterocycles. The number of aldehydes is 1. The molecule has 0 radical (unpaired) electrons. The third-order valence-corrected chi connectivity index (χ3v) is 4.52. The van der Waals surface area contributed by atoms with E-state index in [1.54, 1.807) is 11.9 Å². The average molecular weight is 320 g/mol. The summed E-state index contributed by atoms with van der Waals surface area (Å²) in [6.45, 7) is 2.50. The summed E-state index contributed by atoms with van der Waals surface area (Å²) >= 11 is 0. The molecule has 3 rings (SSSR count). The van der Waals surface area contributed by atoms with E-state index in [0.29, 0.717) is 18.5 Å². The summed E-state index contributed by atoms with van der Waals surface area (Å²) in [6, 6.07) is 15.3. The first-order valence-electron chi connectivity index (χ1n) is 8.01. The maximum absolute atomic E-state index is 12.7. The van der Waals surface area contributed by atoms with Gasteiger partial charge in [0.15, 0.2) is 0 Å². The second kappa shape index (κ2) is 6.79. The molecule has 1 atom stereocenters. The summed E-state index contributed by atoms with van der Waals surface area (Å²) in [5.41, 5.74) is 4.91. The number of hydrogen-bond acceptors (Lipinski definition) is 3. The van der Waals surface area contributed by atoms with E-state index < -0.39 is 6.04 Å². The molecule has 1 amide bonds. The molecule has 0 aliphatic carbocycles. The van der Waals surface area contributed by atoms with Gasteiger partial charge in [-0.05, 0) is 35.7 Å². The van der Waals surface area contributed by atoms with Gasteiger partial charge in [-0.3, -0.25) is 9.79 Å². The van der Waals surface area contributed by atoms with E-state index in [1.807, 2.05) is 36.4 Å². The largest absolute Gasteiger partial charge is 0.323 e. The molecule has 1 saturated heterocycles. The number of aryl methyl sites for hydroxylation is 1. The lowest BCUT2D eigenvalue weighted by atomic mass is 9.99. The molecule has 0 aromatic heterocycles. The fourth-order valence-electron chi connectivity index (χ4n) is 3.09. The zero-order valence-electron chi connectivity index (χ0n) is 13.9. The van der Waals surface area contributed by atoms with Crippen molar-refractivity contribution in [1.29, 1.82) is 0 Å². The number of carbonyl (C=O) groups excluding carboxylic acids is 2. The van der Waals surface area contributed by atoms with Crippen molar-refractivity contribution >= 4 is 17.9 Å². The van der Waals surface area contributed by atoms with Crippen molar-refractivity contribution < 1.29 is 9.59 Å². The maximum Gasteiger partial charge on any atom is 0.254 e. The highest BCUT2D eigenvalue weighted by Gasteiger charge is 2.32. The summed E-state index contributed by atoms with van der Waals surface area (Å²) < 4.78 is 0. The van der Waals surface area contributed by atoms with Gasteiger partial charge >= 0.3 is 0 Å². The van der Waals surface area contributed by atoms with Crippen LogP contribution in [0, 0.1) is 6.92 Å². The smallest absolute Gasteiger partial charge is 0.254 e. The van der Waals surface area contributed by atoms with E-state index >= 15 is 0 Å². The number of benzene rings is 2. The van der Waals surface area contributed by atoms with Crippen LogP contribution in [0.3, 0.4) is 0 Å². The summed E-state index contributed by atoms with van der Waals surface area (Å²) in [5, 5.41) is 0. The Balaban J connectivity index is 1.84. The van der Waals surface area contributed by atoms with Crippen LogP contribution in [0.5, 0.6) is 0 Å². The number of aliphatic imine (C=N–C) groups is 1. The first-order chi connectivity index (χ1) is 11.6. The molecular weight excluding hydrogens is 300 g/mol. The molecule has 2 aromatic carbocycles. The second-order valence-electron chi connectivity index (χ2n) is 6.02. The van der Waals surface area contributed by atoms with Crippen LogP contribution >= 0.6 is 0 Å². The molecule has 1 unspecified atom stereocenters. The number of rotatable bonds is 3. The lowest BCUT2D eigenvalue weighted by Crippen LogP contribution is -2.36. The van der Waals surface area contributed by atoms with Crippen molar-refractivity contribution in [2.75, 3.05) is 13.6 Å². The molecule has 2 aromatic rings. The number of amides is 1. The van der Waals surface area contributed by atoms with Crippen molar-refractivity contribution in [3.63, 3.8) is 0 Å². The third kappa shape index (κ3) is 3.00. The molecule has 0 saturated carbocycles. The standard InChI is InChI=1S/C20H20N2O2/c1-14-5-3-4-6-19(14)15-7-9-16(10-8-15)20(24)22-12-17(21-2)11-18(22)13-23/h3-10,13,18H,11-12H2,1-2H3. The Bertz CT molecular complexity index is 794. The number of hydrogen-bond donors (Lipinski definition) is 0. The molecule has 4 nitrogen and oxygen atoms in total. The van der Waals surface area contributed by atoms with Gasteiger partial charge in [-0.25, -0.2) is 0 Å². The first-order valence-corrected chi connectivity index (χ1v) is 8.01. The van der Waals surface area contributed by atoms with Gasteiger partial charge in [-0.15, -0.1) is 0 Å². The van der Waals surface area contributed by atoms with Crippen LogP contribution in [-0.4, -0.2) is 42.4 Å². The van der Waals surface area contributed by atoms with Crippen molar-refractivity contribution in [1.82, 2.24) is 4.90 Å². The molecule has 4 heteroatoms. The fourth-order valence-corrected chi connectivity index (χ4v) is 3.09. The Morgan fingerprint density at radius 2 is 1.88 bits per heavy atom. The molecular formula is C20H20N2O2. The fraction of sp³-hybridized carbons (Fsp3) is 0.250. The zero-order valence-corrected chi connectivity index (χ0v) is 13.9. The molecule has 0 bridgehead atoms. The maximum atomic E-state index is 12.7. The normalized spacial score (nSPS) is 18.8. The van der Waals surface area contributed by atoms with E-state index in [9.17, 15) is 9.59 Å². The van der Waals surface area contributed by atoms with Gasteiger partial charge < -0.3 is 9.69 Å². The topological polar surface area (TPSA) is 49.7 Å². The van der Waals surface area contributed by atoms with Crippen LogP contribution in [-0.2, 0) is 4.79 Å². The van der Waals surface area contributed by atoms with Crippen LogP contribution in [0.4, 0.5) is 0 Å². The average Bonchev–Trinajstić information content (AvgIpc) is 3.05. The minimum atomic E-state index is -0.410. The second-order valence-corrected chi connectivity index (χ2v) is 6.02. The number of nitrogens with zero attached hydrogens (tertiary/aromatic N) is 2. The lowest BCUT2D eigenvalue weighted by molar-refractivity contribution is -0.111. The predicted molar refractivity (Wildman–Crippen MR) is 95.5 cm³/mol. The minimum absolute atomic E-state index is 0.123. The molecule has 0 N–H and O–H groups in total. The Labute approximate surface area is 141 Å². The first kappa shape index (κ1) is 16.1. The van der Waals surface area contributed by atoms with Gasteiger partial charge in [0.05, 0.1) is 12.6 Å². The Kier molecular flexibility index (Phi) is 4.56. The minimum Gasteiger partial charge on any atom is -0.323 e. The summed E-state index contributed by atoms with van der Waals surface area (Å²) in [6.07, 6.45) is 1.37. The van der Waals surface area contributed by atoms with Crippen LogP contribution in [0.25, 0.3) is 11.1 Å². The number of likely N-dealkylation sites (tertiary alicyclic amines) is 1. The summed E-state index contributed by atoms with van der Waals surface area (Å²) in [7, 11) is 1.70. The molecule has 1 fully saturated rings. The van der Waals surface area contributed by atoms with E-state index in [1.165, 1.54) is 5.56 Å². The van der Waals surface area contributed by atoms with Gasteiger partial charge in [-0.2, -0.15) is 0 Å². The van der Waals surface area contributed by atoms with Crippen LogP contribution in [0.2, 0.25) is 0 Å². The van der Waals surface area contributed by atoms with E-state index in [4.69, 9.17) is 0 Å². The van der Waals surface area contributed by atoms with Crippen LogP contribution in [0.15, 0.2) is 53.5 Å². The van der Waals surface area contributed by atoms with Gasteiger partial charge in [0, 0.05) is 24.7 Å². The molecule has 1 heterocycles. The Morgan fingerprint density at radius 1 is 1.17 bits per heavy atom. The van der Waals surface area contributed by atoms with E-state index in [2.05, 4.69) is 24.0 Å². The third-order valence-electron chi connectivity index (χ3n) is 4.52. The van der Waals surface area contributed by atoms with Crippen molar-refractivity contribution in [2.24, 2.45) is 4.99 Å². The lowest BCUT2D eigenvalue weighted by Gasteiger charge is -2.20. The zero-order chi connectivity index (χ0) is 17.1. The van der Waals surface area contributed by atoms with Crippen molar-refractivity contribution in [3.05, 3.63) is 59.7 Å². The van der Waals surface area contributed by atoms with Crippen LogP contribution < -0.4 is 0 Å². The highest BCUT2D eigenvalue weighted by Crippen LogP contribution is 2.24. The van der Waals surface area contributed by atoms with Crippen molar-refractivity contribution in [2.45, 2.75) is 19.4 Å². The van der Waals surface area contributed by atoms with Gasteiger partial charge in [0.2, 0.25) is 0 Å². The van der Waals surface area contributed by atoms with Gasteiger partial charge in [0.25, 0.3) is 5.91 Å². The Morgan fingerprint density at radius 3 is 2.50 bits per heavy atom. The SMILES string of the molecule is CN=C1CC(C=O)N(C(=O)c2ccc(-c3ccccc3C)cc2)C1. The number of carbonyl (C=O) groups is 2. The van der Waals surface area contributed by atoms with E-state index in [-0.39, 0.29) is 5.91 Å². The predicted octanol–water partition coefficient (Wildman–Crippen LogP) is 3.15. The molecule has 122 valence electrons.